The highest BCUT2D eigenvalue weighted by Crippen LogP contribution is 2.52. The SMILES string of the molecule is CC1(C)c2cc(O)c(N)cc2-c2cc(N)c(O)cc21.Cl. The number of anilines is 2. The van der Waals surface area contributed by atoms with Crippen LogP contribution >= 0.6 is 12.4 Å². The molecule has 0 heterocycles. The molecule has 0 radical (unpaired) electrons. The van der Waals surface area contributed by atoms with Crippen LogP contribution in [0.15, 0.2) is 24.3 Å². The lowest BCUT2D eigenvalue weighted by Crippen LogP contribution is -2.15. The largest absolute Gasteiger partial charge is 0.506 e. The first-order valence-electron chi connectivity index (χ1n) is 6.08. The molecule has 1 aliphatic carbocycles. The molecule has 106 valence electrons. The van der Waals surface area contributed by atoms with Crippen molar-refractivity contribution in [1.29, 1.82) is 0 Å². The molecule has 0 amide bonds. The Morgan fingerprint density at radius 1 is 0.800 bits per heavy atom. The number of phenolic OH excluding ortho intramolecular Hbond substituents is 2. The fourth-order valence-electron chi connectivity index (χ4n) is 2.83. The average molecular weight is 293 g/mol. The topological polar surface area (TPSA) is 92.5 Å². The van der Waals surface area contributed by atoms with Crippen LogP contribution in [0.5, 0.6) is 11.5 Å². The van der Waals surface area contributed by atoms with E-state index in [2.05, 4.69) is 0 Å². The molecule has 4 nitrogen and oxygen atoms in total. The van der Waals surface area contributed by atoms with Crippen molar-refractivity contribution in [1.82, 2.24) is 0 Å². The van der Waals surface area contributed by atoms with Gasteiger partial charge in [0.05, 0.1) is 11.4 Å². The lowest BCUT2D eigenvalue weighted by molar-refractivity contribution is 0.474. The number of phenols is 2. The van der Waals surface area contributed by atoms with Crippen molar-refractivity contribution < 1.29 is 10.2 Å². The second-order valence-electron chi connectivity index (χ2n) is 5.54. The summed E-state index contributed by atoms with van der Waals surface area (Å²) in [4.78, 5) is 0. The quantitative estimate of drug-likeness (QED) is 0.444. The number of aromatic hydroxyl groups is 2. The minimum atomic E-state index is -0.305. The predicted octanol–water partition coefficient (Wildman–Crippen LogP) is 2.99. The van der Waals surface area contributed by atoms with E-state index >= 15 is 0 Å². The standard InChI is InChI=1S/C15H16N2O2.ClH/c1-15(2)9-5-13(18)11(16)3-7(9)8-4-12(17)14(19)6-10(8)15;/h3-6,18-19H,16-17H2,1-2H3;1H. The first-order chi connectivity index (χ1) is 8.82. The molecule has 2 aromatic rings. The maximum Gasteiger partial charge on any atom is 0.138 e. The van der Waals surface area contributed by atoms with Gasteiger partial charge in [-0.3, -0.25) is 0 Å². The first-order valence-corrected chi connectivity index (χ1v) is 6.08. The highest BCUT2D eigenvalue weighted by atomic mass is 35.5. The molecule has 0 aromatic heterocycles. The number of rotatable bonds is 0. The van der Waals surface area contributed by atoms with Gasteiger partial charge in [-0.25, -0.2) is 0 Å². The normalized spacial score (nSPS) is 14.3. The van der Waals surface area contributed by atoms with Crippen molar-refractivity contribution in [2.24, 2.45) is 0 Å². The lowest BCUT2D eigenvalue weighted by Gasteiger charge is -2.22. The van der Waals surface area contributed by atoms with Crippen molar-refractivity contribution in [3.05, 3.63) is 35.4 Å². The summed E-state index contributed by atoms with van der Waals surface area (Å²) in [5.74, 6) is 0.161. The van der Waals surface area contributed by atoms with Crippen LogP contribution in [-0.4, -0.2) is 10.2 Å². The Bertz CT molecular complexity index is 652. The van der Waals surface area contributed by atoms with Gasteiger partial charge in [0, 0.05) is 5.41 Å². The Morgan fingerprint density at radius 2 is 1.15 bits per heavy atom. The number of nitrogens with two attached hydrogens (primary N) is 2. The summed E-state index contributed by atoms with van der Waals surface area (Å²) in [5, 5.41) is 19.6. The van der Waals surface area contributed by atoms with E-state index in [0.717, 1.165) is 22.3 Å². The van der Waals surface area contributed by atoms with E-state index in [9.17, 15) is 10.2 Å². The summed E-state index contributed by atoms with van der Waals surface area (Å²) in [7, 11) is 0. The van der Waals surface area contributed by atoms with Crippen molar-refractivity contribution in [3.63, 3.8) is 0 Å². The van der Waals surface area contributed by atoms with Gasteiger partial charge in [0.15, 0.2) is 0 Å². The van der Waals surface area contributed by atoms with E-state index in [1.807, 2.05) is 13.8 Å². The van der Waals surface area contributed by atoms with Crippen LogP contribution in [-0.2, 0) is 5.41 Å². The third-order valence-corrected chi connectivity index (χ3v) is 3.97. The predicted molar refractivity (Wildman–Crippen MR) is 83.4 cm³/mol. The molecule has 6 N–H and O–H groups in total. The maximum absolute atomic E-state index is 9.80. The van der Waals surface area contributed by atoms with Crippen molar-refractivity contribution in [2.75, 3.05) is 11.5 Å². The minimum absolute atomic E-state index is 0. The number of hydrogen-bond acceptors (Lipinski definition) is 4. The molecule has 0 unspecified atom stereocenters. The van der Waals surface area contributed by atoms with Gasteiger partial charge in [-0.2, -0.15) is 0 Å². The Kier molecular flexibility index (Phi) is 3.02. The third kappa shape index (κ3) is 1.68. The molecule has 0 saturated heterocycles. The van der Waals surface area contributed by atoms with Gasteiger partial charge in [-0.05, 0) is 46.5 Å². The van der Waals surface area contributed by atoms with Gasteiger partial charge in [0.25, 0.3) is 0 Å². The van der Waals surface area contributed by atoms with Crippen LogP contribution in [0.4, 0.5) is 11.4 Å². The van der Waals surface area contributed by atoms with Gasteiger partial charge >= 0.3 is 0 Å². The molecular weight excluding hydrogens is 276 g/mol. The smallest absolute Gasteiger partial charge is 0.138 e. The molecule has 1 aliphatic rings. The molecule has 0 spiro atoms. The van der Waals surface area contributed by atoms with Gasteiger partial charge in [-0.1, -0.05) is 13.8 Å². The van der Waals surface area contributed by atoms with Crippen molar-refractivity contribution >= 4 is 23.8 Å². The Morgan fingerprint density at radius 3 is 1.50 bits per heavy atom. The van der Waals surface area contributed by atoms with Crippen LogP contribution in [0.1, 0.15) is 25.0 Å². The second kappa shape index (κ2) is 4.21. The summed E-state index contributed by atoms with van der Waals surface area (Å²) in [5.41, 5.74) is 15.8. The molecular formula is C15H17ClN2O2. The van der Waals surface area contributed by atoms with E-state index < -0.39 is 0 Å². The average Bonchev–Trinajstić information content (AvgIpc) is 2.52. The number of benzene rings is 2. The number of halogens is 1. The van der Waals surface area contributed by atoms with Gasteiger partial charge in [-0.15, -0.1) is 12.4 Å². The Balaban J connectivity index is 0.00000147. The van der Waals surface area contributed by atoms with Crippen molar-refractivity contribution in [3.8, 4) is 22.6 Å². The fourth-order valence-corrected chi connectivity index (χ4v) is 2.83. The van der Waals surface area contributed by atoms with E-state index in [0.29, 0.717) is 11.4 Å². The summed E-state index contributed by atoms with van der Waals surface area (Å²) in [6.07, 6.45) is 0. The zero-order chi connectivity index (χ0) is 13.9. The van der Waals surface area contributed by atoms with E-state index in [4.69, 9.17) is 11.5 Å². The number of hydrogen-bond donors (Lipinski definition) is 4. The number of nitrogen functional groups attached to an aromatic ring is 2. The van der Waals surface area contributed by atoms with Gasteiger partial charge in [0.1, 0.15) is 11.5 Å². The third-order valence-electron chi connectivity index (χ3n) is 3.97. The van der Waals surface area contributed by atoms with E-state index in [1.54, 1.807) is 24.3 Å². The molecule has 0 bridgehead atoms. The Hall–Kier alpha value is -2.07. The number of fused-ring (bicyclic) bond motifs is 3. The van der Waals surface area contributed by atoms with Gasteiger partial charge in [0.2, 0.25) is 0 Å². The lowest BCUT2D eigenvalue weighted by atomic mass is 9.82. The van der Waals surface area contributed by atoms with Crippen LogP contribution < -0.4 is 11.5 Å². The monoisotopic (exact) mass is 292 g/mol. The van der Waals surface area contributed by atoms with Gasteiger partial charge < -0.3 is 21.7 Å². The molecule has 0 fully saturated rings. The fraction of sp³-hybridized carbons (Fsp3) is 0.200. The van der Waals surface area contributed by atoms with E-state index in [1.165, 1.54) is 0 Å². The highest BCUT2D eigenvalue weighted by Gasteiger charge is 2.36. The Labute approximate surface area is 123 Å². The van der Waals surface area contributed by atoms with Crippen molar-refractivity contribution in [2.45, 2.75) is 19.3 Å². The summed E-state index contributed by atoms with van der Waals surface area (Å²) < 4.78 is 0. The molecule has 2 aromatic carbocycles. The second-order valence-corrected chi connectivity index (χ2v) is 5.54. The minimum Gasteiger partial charge on any atom is -0.506 e. The van der Waals surface area contributed by atoms with Crippen LogP contribution in [0.3, 0.4) is 0 Å². The highest BCUT2D eigenvalue weighted by molar-refractivity contribution is 5.87. The molecule has 5 heteroatoms. The molecule has 0 atom stereocenters. The van der Waals surface area contributed by atoms with Crippen LogP contribution in [0.25, 0.3) is 11.1 Å². The first kappa shape index (κ1) is 14.3. The zero-order valence-corrected chi connectivity index (χ0v) is 12.1. The summed E-state index contributed by atoms with van der Waals surface area (Å²) in [6, 6.07) is 6.90. The van der Waals surface area contributed by atoms with E-state index in [-0.39, 0.29) is 29.3 Å². The summed E-state index contributed by atoms with van der Waals surface area (Å²) in [6.45, 7) is 4.09. The molecule has 3 rings (SSSR count). The van der Waals surface area contributed by atoms with Crippen LogP contribution in [0.2, 0.25) is 0 Å². The zero-order valence-electron chi connectivity index (χ0n) is 11.3. The summed E-state index contributed by atoms with van der Waals surface area (Å²) >= 11 is 0. The maximum atomic E-state index is 9.80. The molecule has 0 aliphatic heterocycles. The molecule has 20 heavy (non-hydrogen) atoms. The molecule has 0 saturated carbocycles. The van der Waals surface area contributed by atoms with Crippen LogP contribution in [0, 0.1) is 0 Å².